The number of benzene rings is 1. The molecule has 2 heterocycles. The standard InChI is InChI=1S/C18H21N5O/c1-14-8-17(18(19-10-14)23-12-20-21-13-23)16-5-3-4-15(9-16)11-22(2)6-7-24/h3-5,8-10,12-13,24H,6-7,11H2,1-2H3. The monoisotopic (exact) mass is 323 g/mol. The Labute approximate surface area is 141 Å². The second kappa shape index (κ2) is 7.33. The molecule has 0 saturated carbocycles. The molecule has 0 bridgehead atoms. The Bertz CT molecular complexity index is 801. The van der Waals surface area contributed by atoms with Crippen molar-refractivity contribution in [3.8, 4) is 16.9 Å². The second-order valence-corrected chi connectivity index (χ2v) is 5.91. The lowest BCUT2D eigenvalue weighted by Gasteiger charge is -2.16. The number of aliphatic hydroxyl groups is 1. The van der Waals surface area contributed by atoms with Crippen molar-refractivity contribution in [3.05, 3.63) is 60.3 Å². The van der Waals surface area contributed by atoms with E-state index in [9.17, 15) is 0 Å². The molecule has 0 unspecified atom stereocenters. The Balaban J connectivity index is 1.98. The summed E-state index contributed by atoms with van der Waals surface area (Å²) < 4.78 is 1.82. The van der Waals surface area contributed by atoms with Crippen LogP contribution < -0.4 is 0 Å². The Hall–Kier alpha value is -2.57. The number of likely N-dealkylation sites (N-methyl/N-ethyl adjacent to an activating group) is 1. The minimum absolute atomic E-state index is 0.162. The zero-order chi connectivity index (χ0) is 16.9. The Morgan fingerprint density at radius 3 is 2.71 bits per heavy atom. The molecule has 124 valence electrons. The van der Waals surface area contributed by atoms with Gasteiger partial charge in [0.05, 0.1) is 6.61 Å². The van der Waals surface area contributed by atoms with Crippen molar-refractivity contribution < 1.29 is 5.11 Å². The van der Waals surface area contributed by atoms with Crippen molar-refractivity contribution in [1.82, 2.24) is 24.6 Å². The number of aryl methyl sites for hydroxylation is 1. The molecule has 3 rings (SSSR count). The molecule has 24 heavy (non-hydrogen) atoms. The van der Waals surface area contributed by atoms with Gasteiger partial charge in [-0.05, 0) is 42.8 Å². The van der Waals surface area contributed by atoms with E-state index in [1.807, 2.05) is 24.7 Å². The van der Waals surface area contributed by atoms with Gasteiger partial charge in [-0.2, -0.15) is 0 Å². The number of aliphatic hydroxyl groups excluding tert-OH is 1. The third-order valence-electron chi connectivity index (χ3n) is 3.84. The van der Waals surface area contributed by atoms with E-state index in [0.29, 0.717) is 6.54 Å². The highest BCUT2D eigenvalue weighted by Crippen LogP contribution is 2.27. The van der Waals surface area contributed by atoms with Crippen molar-refractivity contribution in [2.24, 2.45) is 0 Å². The summed E-state index contributed by atoms with van der Waals surface area (Å²) in [4.78, 5) is 6.65. The molecule has 6 nitrogen and oxygen atoms in total. The quantitative estimate of drug-likeness (QED) is 0.752. The lowest BCUT2D eigenvalue weighted by molar-refractivity contribution is 0.217. The third kappa shape index (κ3) is 3.67. The lowest BCUT2D eigenvalue weighted by atomic mass is 10.0. The third-order valence-corrected chi connectivity index (χ3v) is 3.84. The summed E-state index contributed by atoms with van der Waals surface area (Å²) in [5.41, 5.74) is 4.44. The largest absolute Gasteiger partial charge is 0.395 e. The number of aromatic nitrogens is 4. The first-order valence-electron chi connectivity index (χ1n) is 7.88. The van der Waals surface area contributed by atoms with Gasteiger partial charge in [-0.1, -0.05) is 18.2 Å². The summed E-state index contributed by atoms with van der Waals surface area (Å²) >= 11 is 0. The molecule has 2 aromatic heterocycles. The maximum Gasteiger partial charge on any atom is 0.147 e. The van der Waals surface area contributed by atoms with Crippen LogP contribution in [0.5, 0.6) is 0 Å². The fourth-order valence-corrected chi connectivity index (χ4v) is 2.69. The molecule has 3 aromatic rings. The molecule has 0 spiro atoms. The molecular formula is C18H21N5O. The smallest absolute Gasteiger partial charge is 0.147 e. The summed E-state index contributed by atoms with van der Waals surface area (Å²) in [5, 5.41) is 16.8. The normalized spacial score (nSPS) is 11.2. The van der Waals surface area contributed by atoms with E-state index in [-0.39, 0.29) is 6.61 Å². The summed E-state index contributed by atoms with van der Waals surface area (Å²) in [6.45, 7) is 3.64. The lowest BCUT2D eigenvalue weighted by Crippen LogP contribution is -2.21. The highest BCUT2D eigenvalue weighted by Gasteiger charge is 2.10. The van der Waals surface area contributed by atoms with Gasteiger partial charge in [0.1, 0.15) is 18.5 Å². The fourth-order valence-electron chi connectivity index (χ4n) is 2.69. The molecular weight excluding hydrogens is 302 g/mol. The number of hydrogen-bond acceptors (Lipinski definition) is 5. The van der Waals surface area contributed by atoms with Crippen molar-refractivity contribution in [3.63, 3.8) is 0 Å². The van der Waals surface area contributed by atoms with E-state index < -0.39 is 0 Å². The van der Waals surface area contributed by atoms with Crippen LogP contribution in [0, 0.1) is 6.92 Å². The molecule has 0 aliphatic rings. The molecule has 0 atom stereocenters. The second-order valence-electron chi connectivity index (χ2n) is 5.91. The van der Waals surface area contributed by atoms with Crippen LogP contribution in [0.1, 0.15) is 11.1 Å². The Kier molecular flexibility index (Phi) is 4.98. The van der Waals surface area contributed by atoms with Crippen LogP contribution in [0.25, 0.3) is 16.9 Å². The first kappa shape index (κ1) is 16.3. The Morgan fingerprint density at radius 1 is 1.17 bits per heavy atom. The van der Waals surface area contributed by atoms with E-state index in [1.54, 1.807) is 12.7 Å². The predicted molar refractivity (Wildman–Crippen MR) is 92.7 cm³/mol. The number of rotatable bonds is 6. The molecule has 0 aliphatic carbocycles. The van der Waals surface area contributed by atoms with Crippen LogP contribution in [0.2, 0.25) is 0 Å². The molecule has 1 N–H and O–H groups in total. The summed E-state index contributed by atoms with van der Waals surface area (Å²) in [6.07, 6.45) is 5.15. The molecule has 0 aliphatic heterocycles. The van der Waals surface area contributed by atoms with Crippen molar-refractivity contribution in [1.29, 1.82) is 0 Å². The molecule has 0 saturated heterocycles. The van der Waals surface area contributed by atoms with Crippen LogP contribution in [0.4, 0.5) is 0 Å². The molecule has 1 aromatic carbocycles. The predicted octanol–water partition coefficient (Wildman–Crippen LogP) is 2.06. The molecule has 0 amide bonds. The van der Waals surface area contributed by atoms with Crippen LogP contribution in [-0.4, -0.2) is 50.0 Å². The van der Waals surface area contributed by atoms with Crippen molar-refractivity contribution >= 4 is 0 Å². The van der Waals surface area contributed by atoms with Gasteiger partial charge in [0.2, 0.25) is 0 Å². The van der Waals surface area contributed by atoms with Crippen LogP contribution in [-0.2, 0) is 6.54 Å². The average Bonchev–Trinajstić information content (AvgIpc) is 3.09. The Morgan fingerprint density at radius 2 is 1.96 bits per heavy atom. The minimum atomic E-state index is 0.162. The van der Waals surface area contributed by atoms with E-state index in [4.69, 9.17) is 5.11 Å². The van der Waals surface area contributed by atoms with E-state index in [0.717, 1.165) is 29.1 Å². The number of nitrogens with zero attached hydrogens (tertiary/aromatic N) is 5. The first-order valence-corrected chi connectivity index (χ1v) is 7.88. The SMILES string of the molecule is Cc1cnc(-n2cnnc2)c(-c2cccc(CN(C)CCO)c2)c1. The van der Waals surface area contributed by atoms with E-state index in [1.165, 1.54) is 5.56 Å². The van der Waals surface area contributed by atoms with Gasteiger partial charge >= 0.3 is 0 Å². The summed E-state index contributed by atoms with van der Waals surface area (Å²) in [6, 6.07) is 10.5. The van der Waals surface area contributed by atoms with Crippen molar-refractivity contribution in [2.45, 2.75) is 13.5 Å². The zero-order valence-corrected chi connectivity index (χ0v) is 13.9. The van der Waals surface area contributed by atoms with E-state index >= 15 is 0 Å². The molecule has 0 fully saturated rings. The number of pyridine rings is 1. The fraction of sp³-hybridized carbons (Fsp3) is 0.278. The number of hydrogen-bond donors (Lipinski definition) is 1. The molecule has 6 heteroatoms. The van der Waals surface area contributed by atoms with Crippen LogP contribution >= 0.6 is 0 Å². The van der Waals surface area contributed by atoms with Gasteiger partial charge in [0.15, 0.2) is 0 Å². The van der Waals surface area contributed by atoms with Gasteiger partial charge in [-0.3, -0.25) is 9.47 Å². The van der Waals surface area contributed by atoms with Crippen LogP contribution in [0.3, 0.4) is 0 Å². The maximum absolute atomic E-state index is 9.06. The summed E-state index contributed by atoms with van der Waals surface area (Å²) in [5.74, 6) is 0.812. The highest BCUT2D eigenvalue weighted by atomic mass is 16.3. The summed E-state index contributed by atoms with van der Waals surface area (Å²) in [7, 11) is 2.00. The highest BCUT2D eigenvalue weighted by molar-refractivity contribution is 5.71. The zero-order valence-electron chi connectivity index (χ0n) is 13.9. The van der Waals surface area contributed by atoms with Gasteiger partial charge in [0, 0.05) is 24.8 Å². The van der Waals surface area contributed by atoms with Gasteiger partial charge in [-0.25, -0.2) is 4.98 Å². The van der Waals surface area contributed by atoms with Crippen molar-refractivity contribution in [2.75, 3.05) is 20.2 Å². The van der Waals surface area contributed by atoms with Gasteiger partial charge < -0.3 is 5.11 Å². The first-order chi connectivity index (χ1) is 11.7. The van der Waals surface area contributed by atoms with Gasteiger partial charge in [-0.15, -0.1) is 10.2 Å². The molecule has 0 radical (unpaired) electrons. The topological polar surface area (TPSA) is 67.1 Å². The van der Waals surface area contributed by atoms with E-state index in [2.05, 4.69) is 50.4 Å². The van der Waals surface area contributed by atoms with Gasteiger partial charge in [0.25, 0.3) is 0 Å². The minimum Gasteiger partial charge on any atom is -0.395 e. The average molecular weight is 323 g/mol. The maximum atomic E-state index is 9.06. The van der Waals surface area contributed by atoms with Crippen LogP contribution in [0.15, 0.2) is 49.2 Å².